The predicted octanol–water partition coefficient (Wildman–Crippen LogP) is 2.67. The van der Waals surface area contributed by atoms with Crippen molar-refractivity contribution in [3.05, 3.63) is 59.3 Å². The number of para-hydroxylation sites is 1. The van der Waals surface area contributed by atoms with Gasteiger partial charge in [-0.1, -0.05) is 24.3 Å². The highest BCUT2D eigenvalue weighted by Gasteiger charge is 2.35. The Kier molecular flexibility index (Phi) is 3.39. The van der Waals surface area contributed by atoms with E-state index in [0.29, 0.717) is 6.42 Å². The van der Waals surface area contributed by atoms with Crippen LogP contribution >= 0.6 is 0 Å². The summed E-state index contributed by atoms with van der Waals surface area (Å²) in [6.45, 7) is 0.235. The molecule has 2 atom stereocenters. The summed E-state index contributed by atoms with van der Waals surface area (Å²) in [6.07, 6.45) is 0.590. The van der Waals surface area contributed by atoms with Gasteiger partial charge in [0.15, 0.2) is 11.5 Å². The first-order valence-corrected chi connectivity index (χ1v) is 8.57. The minimum Gasteiger partial charge on any atom is -0.468 e. The summed E-state index contributed by atoms with van der Waals surface area (Å²) >= 11 is 0. The highest BCUT2D eigenvalue weighted by molar-refractivity contribution is 5.87. The van der Waals surface area contributed by atoms with Crippen LogP contribution in [-0.2, 0) is 16.0 Å². The number of ether oxygens (including phenoxy) is 3. The number of methoxy groups -OCH3 is 1. The van der Waals surface area contributed by atoms with Crippen LogP contribution in [0.2, 0.25) is 0 Å². The minimum atomic E-state index is -0.401. The molecule has 0 saturated heterocycles. The summed E-state index contributed by atoms with van der Waals surface area (Å²) in [6, 6.07) is 13.5. The second-order valence-electron chi connectivity index (χ2n) is 6.56. The van der Waals surface area contributed by atoms with Gasteiger partial charge in [-0.05, 0) is 29.3 Å². The third-order valence-corrected chi connectivity index (χ3v) is 5.13. The monoisotopic (exact) mass is 350 g/mol. The van der Waals surface area contributed by atoms with Crippen molar-refractivity contribution in [3.63, 3.8) is 0 Å². The molecular weight excluding hydrogens is 332 g/mol. The highest BCUT2D eigenvalue weighted by Crippen LogP contribution is 2.39. The average molecular weight is 350 g/mol. The Hall–Kier alpha value is -2.99. The topological polar surface area (TPSA) is 72.6 Å². The number of benzene rings is 2. The second kappa shape index (κ2) is 5.78. The van der Waals surface area contributed by atoms with E-state index >= 15 is 0 Å². The third kappa shape index (κ3) is 2.26. The van der Waals surface area contributed by atoms with Crippen LogP contribution in [0.3, 0.4) is 0 Å². The maximum Gasteiger partial charge on any atom is 0.323 e. The van der Waals surface area contributed by atoms with Crippen LogP contribution in [0, 0.1) is 0 Å². The van der Waals surface area contributed by atoms with Gasteiger partial charge in [-0.25, -0.2) is 0 Å². The summed E-state index contributed by atoms with van der Waals surface area (Å²) in [5.41, 5.74) is 4.30. The van der Waals surface area contributed by atoms with E-state index in [1.807, 2.05) is 30.3 Å². The van der Waals surface area contributed by atoms with Gasteiger partial charge in [-0.3, -0.25) is 10.1 Å². The molecule has 2 aliphatic rings. The Morgan fingerprint density at radius 1 is 1.15 bits per heavy atom. The summed E-state index contributed by atoms with van der Waals surface area (Å²) in [4.78, 5) is 15.8. The molecule has 2 aromatic carbocycles. The van der Waals surface area contributed by atoms with Gasteiger partial charge >= 0.3 is 5.97 Å². The molecule has 0 saturated carbocycles. The molecule has 0 aliphatic carbocycles. The van der Waals surface area contributed by atoms with Gasteiger partial charge in [0.05, 0.1) is 13.2 Å². The first-order valence-electron chi connectivity index (χ1n) is 8.57. The van der Waals surface area contributed by atoms with Gasteiger partial charge in [0.25, 0.3) is 0 Å². The molecule has 0 radical (unpaired) electrons. The van der Waals surface area contributed by atoms with Gasteiger partial charge in [0.2, 0.25) is 6.79 Å². The largest absolute Gasteiger partial charge is 0.468 e. The number of nitrogens with one attached hydrogen (secondary N) is 2. The predicted molar refractivity (Wildman–Crippen MR) is 95.4 cm³/mol. The van der Waals surface area contributed by atoms with Crippen LogP contribution in [0.4, 0.5) is 0 Å². The van der Waals surface area contributed by atoms with Gasteiger partial charge in [-0.2, -0.15) is 0 Å². The maximum atomic E-state index is 12.3. The number of hydrogen-bond acceptors (Lipinski definition) is 5. The standard InChI is InChI=1S/C20H18N2O4/c1-24-20(23)15-9-13-12-4-2-3-5-14(12)21-19(13)18(22-15)11-6-7-16-17(8-11)26-10-25-16/h2-8,15,18,21-22H,9-10H2,1H3/t15?,18-/m1/s1. The number of aromatic nitrogens is 1. The molecule has 0 amide bonds. The molecule has 2 aliphatic heterocycles. The van der Waals surface area contributed by atoms with E-state index in [2.05, 4.69) is 22.4 Å². The second-order valence-corrected chi connectivity index (χ2v) is 6.56. The Morgan fingerprint density at radius 2 is 2.00 bits per heavy atom. The molecule has 0 bridgehead atoms. The zero-order valence-corrected chi connectivity index (χ0v) is 14.2. The number of carbonyl (C=O) groups excluding carboxylic acids is 1. The van der Waals surface area contributed by atoms with Crippen molar-refractivity contribution in [3.8, 4) is 11.5 Å². The van der Waals surface area contributed by atoms with E-state index in [4.69, 9.17) is 14.2 Å². The number of fused-ring (bicyclic) bond motifs is 4. The van der Waals surface area contributed by atoms with Crippen molar-refractivity contribution in [1.82, 2.24) is 10.3 Å². The van der Waals surface area contributed by atoms with Crippen molar-refractivity contribution in [1.29, 1.82) is 0 Å². The number of aromatic amines is 1. The fourth-order valence-electron chi connectivity index (χ4n) is 3.88. The SMILES string of the molecule is COC(=O)C1Cc2c([nH]c3ccccc23)[C@@H](c2ccc3c(c2)OCO3)N1. The Labute approximate surface area is 150 Å². The van der Waals surface area contributed by atoms with Gasteiger partial charge in [-0.15, -0.1) is 0 Å². The molecule has 1 unspecified atom stereocenters. The van der Waals surface area contributed by atoms with E-state index < -0.39 is 6.04 Å². The molecule has 6 nitrogen and oxygen atoms in total. The quantitative estimate of drug-likeness (QED) is 0.695. The lowest BCUT2D eigenvalue weighted by molar-refractivity contribution is -0.143. The lowest BCUT2D eigenvalue weighted by atomic mass is 9.90. The fourth-order valence-corrected chi connectivity index (χ4v) is 3.88. The average Bonchev–Trinajstić information content (AvgIpc) is 3.30. The van der Waals surface area contributed by atoms with E-state index in [9.17, 15) is 4.79 Å². The molecule has 5 rings (SSSR count). The zero-order valence-electron chi connectivity index (χ0n) is 14.2. The normalized spacial score (nSPS) is 20.8. The first kappa shape index (κ1) is 15.3. The van der Waals surface area contributed by atoms with Crippen LogP contribution in [0.15, 0.2) is 42.5 Å². The van der Waals surface area contributed by atoms with E-state index in [1.165, 1.54) is 7.11 Å². The van der Waals surface area contributed by atoms with Gasteiger partial charge < -0.3 is 19.2 Å². The molecule has 132 valence electrons. The molecule has 2 N–H and O–H groups in total. The summed E-state index contributed by atoms with van der Waals surface area (Å²) in [5, 5.41) is 4.57. The molecule has 0 spiro atoms. The summed E-state index contributed by atoms with van der Waals surface area (Å²) in [5.74, 6) is 1.21. The molecule has 1 aromatic heterocycles. The van der Waals surface area contributed by atoms with Crippen molar-refractivity contribution >= 4 is 16.9 Å². The van der Waals surface area contributed by atoms with Crippen molar-refractivity contribution < 1.29 is 19.0 Å². The van der Waals surface area contributed by atoms with Crippen LogP contribution < -0.4 is 14.8 Å². The van der Waals surface area contributed by atoms with Gasteiger partial charge in [0, 0.05) is 23.0 Å². The van der Waals surface area contributed by atoms with Gasteiger partial charge in [0.1, 0.15) is 6.04 Å². The molecule has 6 heteroatoms. The van der Waals surface area contributed by atoms with E-state index in [0.717, 1.165) is 39.2 Å². The third-order valence-electron chi connectivity index (χ3n) is 5.13. The Balaban J connectivity index is 1.65. The number of rotatable bonds is 2. The maximum absolute atomic E-state index is 12.3. The molecule has 3 aromatic rings. The lowest BCUT2D eigenvalue weighted by Crippen LogP contribution is -2.45. The molecule has 3 heterocycles. The molecular formula is C20H18N2O4. The highest BCUT2D eigenvalue weighted by atomic mass is 16.7. The number of hydrogen-bond donors (Lipinski definition) is 2. The van der Waals surface area contributed by atoms with Crippen molar-refractivity contribution in [2.24, 2.45) is 0 Å². The Morgan fingerprint density at radius 3 is 2.88 bits per heavy atom. The minimum absolute atomic E-state index is 0.162. The zero-order chi connectivity index (χ0) is 17.7. The first-order chi connectivity index (χ1) is 12.7. The van der Waals surface area contributed by atoms with Crippen LogP contribution in [0.25, 0.3) is 10.9 Å². The summed E-state index contributed by atoms with van der Waals surface area (Å²) < 4.78 is 15.9. The van der Waals surface area contributed by atoms with Crippen LogP contribution in [-0.4, -0.2) is 30.9 Å². The van der Waals surface area contributed by atoms with E-state index in [1.54, 1.807) is 0 Å². The number of H-pyrrole nitrogens is 1. The van der Waals surface area contributed by atoms with E-state index in [-0.39, 0.29) is 18.8 Å². The number of carbonyl (C=O) groups is 1. The fraction of sp³-hybridized carbons (Fsp3) is 0.250. The Bertz CT molecular complexity index is 1010. The summed E-state index contributed by atoms with van der Waals surface area (Å²) in [7, 11) is 1.42. The molecule has 26 heavy (non-hydrogen) atoms. The van der Waals surface area contributed by atoms with Crippen molar-refractivity contribution in [2.45, 2.75) is 18.5 Å². The number of esters is 1. The van der Waals surface area contributed by atoms with Crippen molar-refractivity contribution in [2.75, 3.05) is 13.9 Å². The lowest BCUT2D eigenvalue weighted by Gasteiger charge is -2.30. The van der Waals surface area contributed by atoms with Crippen LogP contribution in [0.1, 0.15) is 22.9 Å². The smallest absolute Gasteiger partial charge is 0.323 e. The van der Waals surface area contributed by atoms with Crippen LogP contribution in [0.5, 0.6) is 11.5 Å². The molecule has 0 fully saturated rings.